The van der Waals surface area contributed by atoms with Gasteiger partial charge in [0.15, 0.2) is 5.58 Å². The van der Waals surface area contributed by atoms with Gasteiger partial charge in [-0.3, -0.25) is 15.1 Å². The Kier molecular flexibility index (Phi) is 5.09. The Morgan fingerprint density at radius 2 is 1.97 bits per heavy atom. The second kappa shape index (κ2) is 7.72. The normalized spacial score (nSPS) is 11.4. The molecule has 1 N–H and O–H groups in total. The Labute approximate surface area is 180 Å². The highest BCUT2D eigenvalue weighted by atomic mass is 79.9. The van der Waals surface area contributed by atoms with Gasteiger partial charge in [0.05, 0.1) is 15.1 Å². The number of benzene rings is 3. The number of aromatic hydroxyl groups is 1. The molecular weight excluding hydrogens is 450 g/mol. The number of fused-ring (bicyclic) bond motifs is 1. The molecule has 3 aromatic carbocycles. The summed E-state index contributed by atoms with van der Waals surface area (Å²) in [6, 6.07) is 13.9. The minimum Gasteiger partial charge on any atom is -0.506 e. The van der Waals surface area contributed by atoms with Gasteiger partial charge in [-0.05, 0) is 65.2 Å². The number of hydrogen-bond acceptors (Lipinski definition) is 6. The number of nitrogens with zero attached hydrogens (tertiary/aromatic N) is 3. The highest BCUT2D eigenvalue weighted by Crippen LogP contribution is 2.33. The van der Waals surface area contributed by atoms with Gasteiger partial charge in [-0.1, -0.05) is 12.1 Å². The summed E-state index contributed by atoms with van der Waals surface area (Å²) in [6.45, 7) is 3.89. The van der Waals surface area contributed by atoms with Crippen LogP contribution in [0, 0.1) is 24.0 Å². The fourth-order valence-corrected chi connectivity index (χ4v) is 3.45. The van der Waals surface area contributed by atoms with Crippen molar-refractivity contribution in [2.24, 2.45) is 4.99 Å². The summed E-state index contributed by atoms with van der Waals surface area (Å²) in [7, 11) is 0. The van der Waals surface area contributed by atoms with Crippen LogP contribution >= 0.6 is 15.9 Å². The largest absolute Gasteiger partial charge is 0.506 e. The Morgan fingerprint density at radius 1 is 1.17 bits per heavy atom. The van der Waals surface area contributed by atoms with Crippen LogP contribution < -0.4 is 0 Å². The number of oxazole rings is 1. The number of aliphatic imine (C=N–C) groups is 1. The molecule has 0 aliphatic carbocycles. The average Bonchev–Trinajstić information content (AvgIpc) is 3.13. The molecule has 0 aliphatic rings. The van der Waals surface area contributed by atoms with E-state index in [1.165, 1.54) is 18.3 Å². The molecule has 8 heteroatoms. The third kappa shape index (κ3) is 3.81. The molecule has 1 aromatic heterocycles. The number of phenolic OH excluding ortho intramolecular Hbond substituents is 1. The quantitative estimate of drug-likeness (QED) is 0.218. The van der Waals surface area contributed by atoms with Crippen molar-refractivity contribution in [3.63, 3.8) is 0 Å². The Bertz CT molecular complexity index is 1330. The van der Waals surface area contributed by atoms with Gasteiger partial charge in [0, 0.05) is 29.5 Å². The lowest BCUT2D eigenvalue weighted by atomic mass is 10.1. The average molecular weight is 466 g/mol. The first-order chi connectivity index (χ1) is 14.3. The summed E-state index contributed by atoms with van der Waals surface area (Å²) in [4.78, 5) is 19.5. The van der Waals surface area contributed by atoms with Crippen molar-refractivity contribution in [1.29, 1.82) is 0 Å². The molecule has 30 heavy (non-hydrogen) atoms. The zero-order valence-corrected chi connectivity index (χ0v) is 17.7. The number of halogens is 1. The zero-order valence-electron chi connectivity index (χ0n) is 16.1. The zero-order chi connectivity index (χ0) is 21.4. The van der Waals surface area contributed by atoms with Gasteiger partial charge in [-0.2, -0.15) is 0 Å². The van der Waals surface area contributed by atoms with Gasteiger partial charge in [-0.25, -0.2) is 4.98 Å². The third-order valence-corrected chi connectivity index (χ3v) is 5.23. The van der Waals surface area contributed by atoms with Gasteiger partial charge < -0.3 is 9.52 Å². The molecule has 150 valence electrons. The summed E-state index contributed by atoms with van der Waals surface area (Å²) < 4.78 is 6.09. The maximum Gasteiger partial charge on any atom is 0.271 e. The van der Waals surface area contributed by atoms with Crippen molar-refractivity contribution >= 4 is 44.6 Å². The molecule has 7 nitrogen and oxygen atoms in total. The van der Waals surface area contributed by atoms with E-state index in [1.807, 2.05) is 50.2 Å². The van der Waals surface area contributed by atoms with Crippen LogP contribution in [-0.2, 0) is 0 Å². The van der Waals surface area contributed by atoms with Crippen molar-refractivity contribution in [3.8, 4) is 17.2 Å². The highest BCUT2D eigenvalue weighted by molar-refractivity contribution is 9.10. The number of aromatic nitrogens is 1. The maximum atomic E-state index is 11.1. The number of rotatable bonds is 4. The third-order valence-electron chi connectivity index (χ3n) is 4.63. The lowest BCUT2D eigenvalue weighted by Gasteiger charge is -2.04. The smallest absolute Gasteiger partial charge is 0.271 e. The SMILES string of the molecule is Cc1ccc2oc(-c3ccc(C)c(N=Cc4cc([N+](=O)[O-])cc(Br)c4O)c3)nc2c1. The fraction of sp³-hybridized carbons (Fsp3) is 0.0909. The number of non-ortho nitro benzene ring substituents is 1. The molecule has 4 aromatic rings. The van der Waals surface area contributed by atoms with E-state index >= 15 is 0 Å². The summed E-state index contributed by atoms with van der Waals surface area (Å²) in [5.74, 6) is 0.362. The predicted octanol–water partition coefficient (Wildman–Crippen LogP) is 6.24. The molecule has 0 unspecified atom stereocenters. The molecule has 0 spiro atoms. The summed E-state index contributed by atoms with van der Waals surface area (Å²) >= 11 is 3.13. The molecular formula is C22H16BrN3O4. The van der Waals surface area contributed by atoms with E-state index in [0.29, 0.717) is 17.2 Å². The van der Waals surface area contributed by atoms with Crippen molar-refractivity contribution in [3.05, 3.63) is 79.8 Å². The molecule has 0 amide bonds. The van der Waals surface area contributed by atoms with Crippen LogP contribution in [0.5, 0.6) is 5.75 Å². The van der Waals surface area contributed by atoms with Gasteiger partial charge in [0.2, 0.25) is 5.89 Å². The van der Waals surface area contributed by atoms with Crippen LogP contribution in [-0.4, -0.2) is 21.2 Å². The molecule has 0 radical (unpaired) electrons. The Morgan fingerprint density at radius 3 is 2.73 bits per heavy atom. The van der Waals surface area contributed by atoms with Crippen LogP contribution in [0.25, 0.3) is 22.6 Å². The van der Waals surface area contributed by atoms with E-state index in [4.69, 9.17) is 4.42 Å². The monoisotopic (exact) mass is 465 g/mol. The molecule has 0 bridgehead atoms. The van der Waals surface area contributed by atoms with Gasteiger partial charge in [0.1, 0.15) is 11.3 Å². The second-order valence-electron chi connectivity index (χ2n) is 6.87. The minimum absolute atomic E-state index is 0.118. The van der Waals surface area contributed by atoms with E-state index in [0.717, 1.165) is 22.2 Å². The number of nitro groups is 1. The van der Waals surface area contributed by atoms with Crippen LogP contribution in [0.1, 0.15) is 16.7 Å². The number of aryl methyl sites for hydroxylation is 2. The van der Waals surface area contributed by atoms with Crippen LogP contribution in [0.3, 0.4) is 0 Å². The lowest BCUT2D eigenvalue weighted by Crippen LogP contribution is -1.92. The van der Waals surface area contributed by atoms with Crippen LogP contribution in [0.4, 0.5) is 11.4 Å². The summed E-state index contributed by atoms with van der Waals surface area (Å²) in [5.41, 5.74) is 4.95. The van der Waals surface area contributed by atoms with E-state index in [2.05, 4.69) is 25.9 Å². The first-order valence-corrected chi connectivity index (χ1v) is 9.80. The Hall–Kier alpha value is -3.52. The Balaban J connectivity index is 1.73. The highest BCUT2D eigenvalue weighted by Gasteiger charge is 2.14. The number of nitro benzene ring substituents is 1. The maximum absolute atomic E-state index is 11.1. The molecule has 1 heterocycles. The number of phenols is 1. The van der Waals surface area contributed by atoms with Gasteiger partial charge in [0.25, 0.3) is 5.69 Å². The first-order valence-electron chi connectivity index (χ1n) is 9.01. The molecule has 0 saturated carbocycles. The van der Waals surface area contributed by atoms with Crippen molar-refractivity contribution in [1.82, 2.24) is 4.98 Å². The molecule has 0 saturated heterocycles. The van der Waals surface area contributed by atoms with Crippen molar-refractivity contribution < 1.29 is 14.4 Å². The summed E-state index contributed by atoms with van der Waals surface area (Å²) in [5, 5.41) is 21.3. The van der Waals surface area contributed by atoms with Crippen molar-refractivity contribution in [2.75, 3.05) is 0 Å². The lowest BCUT2D eigenvalue weighted by molar-refractivity contribution is -0.385. The van der Waals surface area contributed by atoms with Crippen molar-refractivity contribution in [2.45, 2.75) is 13.8 Å². The van der Waals surface area contributed by atoms with Crippen LogP contribution in [0.15, 0.2) is 62.4 Å². The first kappa shape index (κ1) is 19.8. The number of hydrogen-bond donors (Lipinski definition) is 1. The predicted molar refractivity (Wildman–Crippen MR) is 119 cm³/mol. The summed E-state index contributed by atoms with van der Waals surface area (Å²) in [6.07, 6.45) is 1.40. The van der Waals surface area contributed by atoms with E-state index < -0.39 is 4.92 Å². The molecule has 0 aliphatic heterocycles. The standard InChI is InChI=1S/C22H16BrN3O4/c1-12-3-6-20-19(7-12)25-22(30-20)14-5-4-13(2)18(9-14)24-11-15-8-16(26(28)29)10-17(23)21(15)27/h3-11,27H,1-2H3. The molecule has 4 rings (SSSR count). The second-order valence-corrected chi connectivity index (χ2v) is 7.73. The molecule has 0 fully saturated rings. The molecule has 0 atom stereocenters. The van der Waals surface area contributed by atoms with Crippen LogP contribution in [0.2, 0.25) is 0 Å². The van der Waals surface area contributed by atoms with E-state index in [-0.39, 0.29) is 21.5 Å². The van der Waals surface area contributed by atoms with E-state index in [1.54, 1.807) is 0 Å². The minimum atomic E-state index is -0.525. The fourth-order valence-electron chi connectivity index (χ4n) is 2.99. The topological polar surface area (TPSA) is 102 Å². The van der Waals surface area contributed by atoms with Gasteiger partial charge >= 0.3 is 0 Å². The van der Waals surface area contributed by atoms with E-state index in [9.17, 15) is 15.2 Å². The van der Waals surface area contributed by atoms with Gasteiger partial charge in [-0.15, -0.1) is 0 Å².